The molecule has 2 N–H and O–H groups in total. The van der Waals surface area contributed by atoms with Crippen LogP contribution in [0.1, 0.15) is 11.1 Å². The summed E-state index contributed by atoms with van der Waals surface area (Å²) in [4.78, 5) is 3.91. The molecule has 0 bridgehead atoms. The van der Waals surface area contributed by atoms with E-state index in [0.29, 0.717) is 5.69 Å². The maximum Gasteiger partial charge on any atom is 0.0659 e. The molecule has 0 radical (unpaired) electrons. The fourth-order valence-electron chi connectivity index (χ4n) is 1.19. The monoisotopic (exact) mass is 272 g/mol. The van der Waals surface area contributed by atoms with Crippen LogP contribution in [0.25, 0.3) is 0 Å². The van der Waals surface area contributed by atoms with Crippen molar-refractivity contribution in [1.29, 1.82) is 0 Å². The quantitative estimate of drug-likeness (QED) is 0.749. The minimum absolute atomic E-state index is 0.604. The van der Waals surface area contributed by atoms with Gasteiger partial charge in [-0.1, -0.05) is 27.8 Å². The molecule has 1 aromatic heterocycles. The van der Waals surface area contributed by atoms with Crippen LogP contribution in [0.3, 0.4) is 0 Å². The summed E-state index contributed by atoms with van der Waals surface area (Å²) in [5.41, 5.74) is 8.10. The van der Waals surface area contributed by atoms with Gasteiger partial charge in [-0.25, -0.2) is 0 Å². The van der Waals surface area contributed by atoms with E-state index < -0.39 is 0 Å². The van der Waals surface area contributed by atoms with Gasteiger partial charge in [0.1, 0.15) is 0 Å². The van der Waals surface area contributed by atoms with Gasteiger partial charge in [0.2, 0.25) is 0 Å². The molecule has 2 rings (SSSR count). The van der Waals surface area contributed by atoms with Gasteiger partial charge in [-0.3, -0.25) is 4.98 Å². The van der Waals surface area contributed by atoms with E-state index in [2.05, 4.69) is 32.8 Å². The number of pyridine rings is 1. The Balaban J connectivity index is 2.29. The van der Waals surface area contributed by atoms with E-state index in [4.69, 9.17) is 5.73 Å². The molecule has 0 aliphatic carbocycles. The summed E-state index contributed by atoms with van der Waals surface area (Å²) >= 11 is 3.38. The van der Waals surface area contributed by atoms with E-state index in [-0.39, 0.29) is 0 Å². The van der Waals surface area contributed by atoms with E-state index in [1.807, 2.05) is 24.3 Å². The van der Waals surface area contributed by atoms with Gasteiger partial charge in [0.25, 0.3) is 0 Å². The van der Waals surface area contributed by atoms with Gasteiger partial charge in [0, 0.05) is 16.2 Å². The number of nitrogen functional groups attached to an aromatic ring is 1. The van der Waals surface area contributed by atoms with E-state index in [1.54, 1.807) is 18.5 Å². The van der Waals surface area contributed by atoms with Gasteiger partial charge in [-0.15, -0.1) is 0 Å². The Morgan fingerprint density at radius 2 is 1.81 bits per heavy atom. The fraction of sp³-hybridized carbons (Fsp3) is 0. The van der Waals surface area contributed by atoms with Crippen molar-refractivity contribution in [3.05, 3.63) is 58.3 Å². The number of aromatic nitrogens is 1. The minimum atomic E-state index is 0.604. The molecule has 2 aromatic rings. The van der Waals surface area contributed by atoms with Crippen LogP contribution in [0.5, 0.6) is 0 Å². The maximum atomic E-state index is 5.74. The molecule has 0 saturated heterocycles. The lowest BCUT2D eigenvalue weighted by Gasteiger charge is -1.94. The lowest BCUT2D eigenvalue weighted by Crippen LogP contribution is -1.90. The number of halogens is 1. The molecule has 78 valence electrons. The van der Waals surface area contributed by atoms with Crippen LogP contribution < -0.4 is 5.73 Å². The second-order valence-corrected chi connectivity index (χ2v) is 4.14. The molecule has 0 aliphatic heterocycles. The smallest absolute Gasteiger partial charge is 0.0659 e. The molecule has 0 spiro atoms. The molecule has 0 amide bonds. The number of nitrogens with zero attached hydrogens (tertiary/aromatic N) is 1. The number of nitrogens with two attached hydrogens (primary N) is 1. The van der Waals surface area contributed by atoms with Crippen molar-refractivity contribution in [2.75, 3.05) is 5.73 Å². The third kappa shape index (κ3) is 2.62. The first-order valence-electron chi connectivity index (χ1n) is 4.73. The number of benzene rings is 1. The first-order valence-corrected chi connectivity index (χ1v) is 5.52. The van der Waals surface area contributed by atoms with Gasteiger partial charge in [-0.05, 0) is 30.3 Å². The Hall–Kier alpha value is -1.79. The van der Waals surface area contributed by atoms with E-state index >= 15 is 0 Å². The third-order valence-corrected chi connectivity index (χ3v) is 2.57. The van der Waals surface area contributed by atoms with Crippen LogP contribution >= 0.6 is 15.9 Å². The summed E-state index contributed by atoms with van der Waals surface area (Å²) in [5.74, 6) is 6.07. The van der Waals surface area contributed by atoms with Crippen molar-refractivity contribution in [2.45, 2.75) is 0 Å². The number of hydrogen-bond donors (Lipinski definition) is 1. The van der Waals surface area contributed by atoms with E-state index in [0.717, 1.165) is 15.6 Å². The standard InChI is InChI=1S/C13H9BrN2/c14-12-5-2-10(3-6-12)1-4-11-7-8-16-9-13(11)15/h2-3,5-9H,15H2. The molecular weight excluding hydrogens is 264 g/mol. The zero-order valence-corrected chi connectivity index (χ0v) is 10.0. The molecule has 1 aromatic carbocycles. The molecule has 0 saturated carbocycles. The van der Waals surface area contributed by atoms with Crippen molar-refractivity contribution >= 4 is 21.6 Å². The normalized spacial score (nSPS) is 9.31. The highest BCUT2D eigenvalue weighted by Crippen LogP contribution is 2.10. The van der Waals surface area contributed by atoms with Gasteiger partial charge in [0.15, 0.2) is 0 Å². The summed E-state index contributed by atoms with van der Waals surface area (Å²) in [6, 6.07) is 9.63. The van der Waals surface area contributed by atoms with E-state index in [9.17, 15) is 0 Å². The molecule has 16 heavy (non-hydrogen) atoms. The predicted octanol–water partition coefficient (Wildman–Crippen LogP) is 2.83. The van der Waals surface area contributed by atoms with Crippen LogP contribution in [-0.4, -0.2) is 4.98 Å². The third-order valence-electron chi connectivity index (χ3n) is 2.04. The van der Waals surface area contributed by atoms with Crippen LogP contribution in [0.2, 0.25) is 0 Å². The molecule has 3 heteroatoms. The average molecular weight is 273 g/mol. The van der Waals surface area contributed by atoms with Gasteiger partial charge in [-0.2, -0.15) is 0 Å². The average Bonchev–Trinajstić information content (AvgIpc) is 2.30. The first-order chi connectivity index (χ1) is 7.75. The Bertz CT molecular complexity index is 550. The molecular formula is C13H9BrN2. The summed E-state index contributed by atoms with van der Waals surface area (Å²) in [6.45, 7) is 0. The summed E-state index contributed by atoms with van der Waals surface area (Å²) in [7, 11) is 0. The topological polar surface area (TPSA) is 38.9 Å². The van der Waals surface area contributed by atoms with Crippen LogP contribution in [0.15, 0.2) is 47.2 Å². The highest BCUT2D eigenvalue weighted by atomic mass is 79.9. The molecule has 1 heterocycles. The number of hydrogen-bond acceptors (Lipinski definition) is 2. The zero-order chi connectivity index (χ0) is 11.4. The number of anilines is 1. The van der Waals surface area contributed by atoms with Gasteiger partial charge < -0.3 is 5.73 Å². The highest BCUT2D eigenvalue weighted by Gasteiger charge is 1.92. The Labute approximate surface area is 103 Å². The molecule has 0 atom stereocenters. The van der Waals surface area contributed by atoms with Crippen molar-refractivity contribution in [3.63, 3.8) is 0 Å². The Kier molecular flexibility index (Phi) is 3.23. The lowest BCUT2D eigenvalue weighted by atomic mass is 10.2. The fourth-order valence-corrected chi connectivity index (χ4v) is 1.46. The van der Waals surface area contributed by atoms with Crippen molar-refractivity contribution in [3.8, 4) is 11.8 Å². The summed E-state index contributed by atoms with van der Waals surface area (Å²) < 4.78 is 1.04. The van der Waals surface area contributed by atoms with Crippen LogP contribution in [0.4, 0.5) is 5.69 Å². The Morgan fingerprint density at radius 3 is 2.50 bits per heavy atom. The Morgan fingerprint density at radius 1 is 1.06 bits per heavy atom. The van der Waals surface area contributed by atoms with Crippen molar-refractivity contribution < 1.29 is 0 Å². The summed E-state index contributed by atoms with van der Waals surface area (Å²) in [5, 5.41) is 0. The zero-order valence-electron chi connectivity index (χ0n) is 8.44. The van der Waals surface area contributed by atoms with Gasteiger partial charge in [0.05, 0.1) is 17.4 Å². The largest absolute Gasteiger partial charge is 0.396 e. The second kappa shape index (κ2) is 4.82. The number of rotatable bonds is 0. The second-order valence-electron chi connectivity index (χ2n) is 3.22. The minimum Gasteiger partial charge on any atom is -0.396 e. The SMILES string of the molecule is Nc1cnccc1C#Cc1ccc(Br)cc1. The maximum absolute atomic E-state index is 5.74. The van der Waals surface area contributed by atoms with Crippen molar-refractivity contribution in [1.82, 2.24) is 4.98 Å². The first kappa shape index (κ1) is 10.7. The van der Waals surface area contributed by atoms with Gasteiger partial charge >= 0.3 is 0 Å². The van der Waals surface area contributed by atoms with Crippen LogP contribution in [0, 0.1) is 11.8 Å². The van der Waals surface area contributed by atoms with Crippen molar-refractivity contribution in [2.24, 2.45) is 0 Å². The molecule has 0 unspecified atom stereocenters. The van der Waals surface area contributed by atoms with E-state index in [1.165, 1.54) is 0 Å². The molecule has 0 aliphatic rings. The molecule has 0 fully saturated rings. The summed E-state index contributed by atoms with van der Waals surface area (Å²) in [6.07, 6.45) is 3.29. The van der Waals surface area contributed by atoms with Crippen LogP contribution in [-0.2, 0) is 0 Å². The predicted molar refractivity (Wildman–Crippen MR) is 68.8 cm³/mol. The highest BCUT2D eigenvalue weighted by molar-refractivity contribution is 9.10. The lowest BCUT2D eigenvalue weighted by molar-refractivity contribution is 1.32. The molecule has 2 nitrogen and oxygen atoms in total.